The van der Waals surface area contributed by atoms with Crippen LogP contribution in [0.25, 0.3) is 0 Å². The molecule has 3 nitrogen and oxygen atoms in total. The SMILES string of the molecule is CC(C)(C)OC(=O)C1CCN1. The van der Waals surface area contributed by atoms with Crippen LogP contribution in [-0.2, 0) is 9.53 Å². The number of carbonyl (C=O) groups is 1. The van der Waals surface area contributed by atoms with Gasteiger partial charge in [0, 0.05) is 0 Å². The van der Waals surface area contributed by atoms with Gasteiger partial charge in [-0.3, -0.25) is 4.79 Å². The number of nitrogens with one attached hydrogen (secondary N) is 1. The van der Waals surface area contributed by atoms with Gasteiger partial charge in [-0.15, -0.1) is 0 Å². The highest BCUT2D eigenvalue weighted by Crippen LogP contribution is 2.12. The number of esters is 1. The molecule has 64 valence electrons. The van der Waals surface area contributed by atoms with E-state index in [1.165, 1.54) is 0 Å². The molecule has 0 saturated carbocycles. The van der Waals surface area contributed by atoms with Gasteiger partial charge >= 0.3 is 5.97 Å². The highest BCUT2D eigenvalue weighted by Gasteiger charge is 2.29. The molecule has 1 N–H and O–H groups in total. The number of rotatable bonds is 1. The predicted octanol–water partition coefficient (Wildman–Crippen LogP) is 0.690. The van der Waals surface area contributed by atoms with E-state index in [1.54, 1.807) is 0 Å². The van der Waals surface area contributed by atoms with Crippen molar-refractivity contribution < 1.29 is 9.53 Å². The van der Waals surface area contributed by atoms with E-state index in [4.69, 9.17) is 4.74 Å². The predicted molar refractivity (Wildman–Crippen MR) is 42.3 cm³/mol. The Hall–Kier alpha value is -0.570. The third-order valence-corrected chi connectivity index (χ3v) is 1.52. The van der Waals surface area contributed by atoms with E-state index in [-0.39, 0.29) is 17.6 Å². The molecule has 0 aromatic rings. The van der Waals surface area contributed by atoms with Crippen LogP contribution in [0.5, 0.6) is 0 Å². The zero-order valence-corrected chi connectivity index (χ0v) is 7.31. The molecule has 0 amide bonds. The van der Waals surface area contributed by atoms with E-state index < -0.39 is 0 Å². The van der Waals surface area contributed by atoms with Gasteiger partial charge in [-0.05, 0) is 33.7 Å². The van der Waals surface area contributed by atoms with Crippen LogP contribution in [0.15, 0.2) is 0 Å². The largest absolute Gasteiger partial charge is 0.459 e. The van der Waals surface area contributed by atoms with Crippen molar-refractivity contribution in [2.75, 3.05) is 6.54 Å². The van der Waals surface area contributed by atoms with Crippen LogP contribution < -0.4 is 5.32 Å². The molecule has 1 atom stereocenters. The standard InChI is InChI=1S/C8H15NO2/c1-8(2,3)11-7(10)6-4-5-9-6/h6,9H,4-5H2,1-3H3. The smallest absolute Gasteiger partial charge is 0.323 e. The first-order valence-corrected chi connectivity index (χ1v) is 3.95. The molecule has 11 heavy (non-hydrogen) atoms. The normalized spacial score (nSPS) is 24.1. The maximum atomic E-state index is 11.2. The minimum absolute atomic E-state index is 0.0470. The van der Waals surface area contributed by atoms with Gasteiger partial charge in [0.15, 0.2) is 0 Å². The van der Waals surface area contributed by atoms with E-state index in [2.05, 4.69) is 5.32 Å². The van der Waals surface area contributed by atoms with Gasteiger partial charge < -0.3 is 10.1 Å². The monoisotopic (exact) mass is 157 g/mol. The summed E-state index contributed by atoms with van der Waals surface area (Å²) in [5.74, 6) is -0.122. The number of carbonyl (C=O) groups excluding carboxylic acids is 1. The summed E-state index contributed by atoms with van der Waals surface area (Å²) in [5.41, 5.74) is -0.353. The summed E-state index contributed by atoms with van der Waals surface area (Å²) < 4.78 is 5.14. The molecular weight excluding hydrogens is 142 g/mol. The minimum atomic E-state index is -0.353. The summed E-state index contributed by atoms with van der Waals surface area (Å²) >= 11 is 0. The van der Waals surface area contributed by atoms with Gasteiger partial charge in [0.05, 0.1) is 0 Å². The molecule has 1 heterocycles. The second kappa shape index (κ2) is 2.81. The topological polar surface area (TPSA) is 38.3 Å². The van der Waals surface area contributed by atoms with Crippen LogP contribution in [-0.4, -0.2) is 24.2 Å². The first-order valence-electron chi connectivity index (χ1n) is 3.95. The van der Waals surface area contributed by atoms with Crippen molar-refractivity contribution in [1.82, 2.24) is 5.32 Å². The Morgan fingerprint density at radius 3 is 2.36 bits per heavy atom. The Morgan fingerprint density at radius 1 is 1.55 bits per heavy atom. The van der Waals surface area contributed by atoms with Crippen molar-refractivity contribution in [3.63, 3.8) is 0 Å². The molecule has 0 bridgehead atoms. The maximum absolute atomic E-state index is 11.2. The third-order valence-electron chi connectivity index (χ3n) is 1.52. The average molecular weight is 157 g/mol. The van der Waals surface area contributed by atoms with Crippen LogP contribution in [0.3, 0.4) is 0 Å². The molecule has 1 unspecified atom stereocenters. The molecular formula is C8H15NO2. The fourth-order valence-corrected chi connectivity index (χ4v) is 0.863. The van der Waals surface area contributed by atoms with Crippen molar-refractivity contribution in [2.45, 2.75) is 38.8 Å². The fraction of sp³-hybridized carbons (Fsp3) is 0.875. The Labute approximate surface area is 67.1 Å². The van der Waals surface area contributed by atoms with Crippen LogP contribution in [0.4, 0.5) is 0 Å². The Balaban J connectivity index is 2.31. The van der Waals surface area contributed by atoms with Crippen LogP contribution >= 0.6 is 0 Å². The Kier molecular flexibility index (Phi) is 2.18. The quantitative estimate of drug-likeness (QED) is 0.569. The second-order valence-electron chi connectivity index (χ2n) is 3.83. The van der Waals surface area contributed by atoms with E-state index in [9.17, 15) is 4.79 Å². The first-order chi connectivity index (χ1) is 4.99. The summed E-state index contributed by atoms with van der Waals surface area (Å²) in [7, 11) is 0. The summed E-state index contributed by atoms with van der Waals surface area (Å²) in [6.07, 6.45) is 0.912. The van der Waals surface area contributed by atoms with Gasteiger partial charge in [-0.1, -0.05) is 0 Å². The van der Waals surface area contributed by atoms with E-state index >= 15 is 0 Å². The molecule has 0 radical (unpaired) electrons. The lowest BCUT2D eigenvalue weighted by Crippen LogP contribution is -2.50. The number of hydrogen-bond donors (Lipinski definition) is 1. The molecule has 0 aromatic carbocycles. The summed E-state index contributed by atoms with van der Waals surface area (Å²) in [5, 5.41) is 2.99. The second-order valence-corrected chi connectivity index (χ2v) is 3.83. The molecule has 0 aromatic heterocycles. The molecule has 1 rings (SSSR count). The van der Waals surface area contributed by atoms with Gasteiger partial charge in [0.2, 0.25) is 0 Å². The molecule has 0 spiro atoms. The summed E-state index contributed by atoms with van der Waals surface area (Å²) in [4.78, 5) is 11.2. The first kappa shape index (κ1) is 8.53. The zero-order valence-electron chi connectivity index (χ0n) is 7.31. The third kappa shape index (κ3) is 2.50. The van der Waals surface area contributed by atoms with Crippen molar-refractivity contribution in [1.29, 1.82) is 0 Å². The Bertz CT molecular complexity index is 156. The molecule has 1 aliphatic rings. The van der Waals surface area contributed by atoms with E-state index in [0.29, 0.717) is 0 Å². The highest BCUT2D eigenvalue weighted by molar-refractivity contribution is 5.77. The van der Waals surface area contributed by atoms with Crippen molar-refractivity contribution in [3.8, 4) is 0 Å². The molecule has 1 saturated heterocycles. The highest BCUT2D eigenvalue weighted by atomic mass is 16.6. The lowest BCUT2D eigenvalue weighted by atomic mass is 10.1. The molecule has 1 fully saturated rings. The average Bonchev–Trinajstić information content (AvgIpc) is 1.50. The molecule has 3 heteroatoms. The van der Waals surface area contributed by atoms with Crippen molar-refractivity contribution in [3.05, 3.63) is 0 Å². The van der Waals surface area contributed by atoms with Crippen LogP contribution in [0.1, 0.15) is 27.2 Å². The lowest BCUT2D eigenvalue weighted by molar-refractivity contribution is -0.159. The van der Waals surface area contributed by atoms with Crippen molar-refractivity contribution in [2.24, 2.45) is 0 Å². The summed E-state index contributed by atoms with van der Waals surface area (Å²) in [6.45, 7) is 6.57. The zero-order chi connectivity index (χ0) is 8.48. The van der Waals surface area contributed by atoms with E-state index in [1.807, 2.05) is 20.8 Å². The van der Waals surface area contributed by atoms with Crippen LogP contribution in [0.2, 0.25) is 0 Å². The van der Waals surface area contributed by atoms with Gasteiger partial charge in [0.25, 0.3) is 0 Å². The minimum Gasteiger partial charge on any atom is -0.459 e. The molecule has 1 aliphatic heterocycles. The summed E-state index contributed by atoms with van der Waals surface area (Å²) in [6, 6.07) is -0.0470. The van der Waals surface area contributed by atoms with Gasteiger partial charge in [0.1, 0.15) is 11.6 Å². The van der Waals surface area contributed by atoms with Crippen LogP contribution in [0, 0.1) is 0 Å². The van der Waals surface area contributed by atoms with Crippen molar-refractivity contribution >= 4 is 5.97 Å². The van der Waals surface area contributed by atoms with Gasteiger partial charge in [-0.25, -0.2) is 0 Å². The molecule has 0 aliphatic carbocycles. The number of ether oxygens (including phenoxy) is 1. The van der Waals surface area contributed by atoms with Gasteiger partial charge in [-0.2, -0.15) is 0 Å². The van der Waals surface area contributed by atoms with E-state index in [0.717, 1.165) is 13.0 Å². The fourth-order valence-electron chi connectivity index (χ4n) is 0.863. The Morgan fingerprint density at radius 2 is 2.09 bits per heavy atom. The maximum Gasteiger partial charge on any atom is 0.323 e. The number of hydrogen-bond acceptors (Lipinski definition) is 3. The lowest BCUT2D eigenvalue weighted by Gasteiger charge is -2.29.